The number of hydrogen-bond acceptors (Lipinski definition) is 5. The number of nitrogens with two attached hydrogens (primary N) is 1. The SMILES string of the molecule is CCOc1cc(/C=C(/C#N)C(=O)NC(N)=O)c(Br)cc1OCc1ccc(Cl)c(Cl)c1. The summed E-state index contributed by atoms with van der Waals surface area (Å²) >= 11 is 15.3. The van der Waals surface area contributed by atoms with Crippen LogP contribution in [0.5, 0.6) is 11.5 Å². The number of ether oxygens (including phenoxy) is 2. The molecule has 0 atom stereocenters. The van der Waals surface area contributed by atoms with Crippen LogP contribution in [-0.4, -0.2) is 18.5 Å². The number of imide groups is 1. The molecule has 2 aromatic rings. The van der Waals surface area contributed by atoms with E-state index in [-0.39, 0.29) is 12.2 Å². The number of nitrogens with zero attached hydrogens (tertiary/aromatic N) is 1. The van der Waals surface area contributed by atoms with Gasteiger partial charge in [-0.05, 0) is 48.4 Å². The van der Waals surface area contributed by atoms with Crippen molar-refractivity contribution in [3.63, 3.8) is 0 Å². The molecule has 0 unspecified atom stereocenters. The van der Waals surface area contributed by atoms with E-state index in [1.165, 1.54) is 6.08 Å². The zero-order valence-corrected chi connectivity index (χ0v) is 18.8. The molecule has 156 valence electrons. The van der Waals surface area contributed by atoms with E-state index in [0.29, 0.717) is 38.2 Å². The van der Waals surface area contributed by atoms with Gasteiger partial charge in [-0.25, -0.2) is 4.79 Å². The molecule has 7 nitrogen and oxygen atoms in total. The Bertz CT molecular complexity index is 1050. The van der Waals surface area contributed by atoms with Crippen LogP contribution >= 0.6 is 39.1 Å². The molecule has 3 amide bonds. The van der Waals surface area contributed by atoms with Gasteiger partial charge < -0.3 is 15.2 Å². The quantitative estimate of drug-likeness (QED) is 0.407. The summed E-state index contributed by atoms with van der Waals surface area (Å²) in [5, 5.41) is 11.9. The van der Waals surface area contributed by atoms with Crippen LogP contribution in [0.4, 0.5) is 4.79 Å². The molecule has 30 heavy (non-hydrogen) atoms. The molecular weight excluding hydrogens is 497 g/mol. The molecule has 0 heterocycles. The van der Waals surface area contributed by atoms with E-state index in [1.807, 2.05) is 5.32 Å². The first-order chi connectivity index (χ1) is 14.2. The van der Waals surface area contributed by atoms with Crippen molar-refractivity contribution < 1.29 is 19.1 Å². The topological polar surface area (TPSA) is 114 Å². The Morgan fingerprint density at radius 2 is 1.90 bits per heavy atom. The minimum absolute atomic E-state index is 0.211. The average Bonchev–Trinajstić information content (AvgIpc) is 2.68. The number of halogens is 3. The second-order valence-electron chi connectivity index (χ2n) is 5.78. The summed E-state index contributed by atoms with van der Waals surface area (Å²) in [6, 6.07) is 9.10. The van der Waals surface area contributed by atoms with Crippen LogP contribution in [0.1, 0.15) is 18.1 Å². The number of rotatable bonds is 7. The Labute approximate surface area is 191 Å². The number of nitriles is 1. The molecule has 0 fully saturated rings. The lowest BCUT2D eigenvalue weighted by molar-refractivity contribution is -0.115. The molecule has 0 bridgehead atoms. The standard InChI is InChI=1S/C20H16BrCl2N3O4/c1-2-29-17-7-12(6-13(9-24)19(27)26-20(25)28)14(21)8-18(17)30-10-11-3-4-15(22)16(23)5-11/h3-8H,2,10H2,1H3,(H3,25,26,27,28)/b13-6-. The Morgan fingerprint density at radius 1 is 1.20 bits per heavy atom. The van der Waals surface area contributed by atoms with Crippen LogP contribution in [-0.2, 0) is 11.4 Å². The fourth-order valence-corrected chi connectivity index (χ4v) is 3.07. The van der Waals surface area contributed by atoms with Crippen LogP contribution in [0.2, 0.25) is 10.0 Å². The summed E-state index contributed by atoms with van der Waals surface area (Å²) in [6.07, 6.45) is 1.30. The van der Waals surface area contributed by atoms with Crippen molar-refractivity contribution in [3.8, 4) is 17.6 Å². The van der Waals surface area contributed by atoms with Crippen LogP contribution < -0.4 is 20.5 Å². The molecule has 0 aromatic heterocycles. The van der Waals surface area contributed by atoms with Crippen LogP contribution in [0.15, 0.2) is 40.4 Å². The highest BCUT2D eigenvalue weighted by Crippen LogP contribution is 2.35. The highest BCUT2D eigenvalue weighted by molar-refractivity contribution is 9.10. The summed E-state index contributed by atoms with van der Waals surface area (Å²) in [7, 11) is 0. The number of primary amides is 1. The van der Waals surface area contributed by atoms with Gasteiger partial charge in [0, 0.05) is 4.47 Å². The number of carbonyl (C=O) groups is 2. The van der Waals surface area contributed by atoms with E-state index in [2.05, 4.69) is 15.9 Å². The number of hydrogen-bond donors (Lipinski definition) is 2. The van der Waals surface area contributed by atoms with Gasteiger partial charge in [-0.2, -0.15) is 5.26 Å². The van der Waals surface area contributed by atoms with Gasteiger partial charge >= 0.3 is 6.03 Å². The van der Waals surface area contributed by atoms with E-state index >= 15 is 0 Å². The molecule has 0 saturated heterocycles. The van der Waals surface area contributed by atoms with Crippen molar-refractivity contribution in [1.29, 1.82) is 5.26 Å². The molecule has 2 rings (SSSR count). The third-order valence-electron chi connectivity index (χ3n) is 3.64. The highest BCUT2D eigenvalue weighted by atomic mass is 79.9. The van der Waals surface area contributed by atoms with Gasteiger partial charge in [-0.15, -0.1) is 0 Å². The summed E-state index contributed by atoms with van der Waals surface area (Å²) in [5.41, 5.74) is 5.89. The third kappa shape index (κ3) is 6.39. The fraction of sp³-hybridized carbons (Fsp3) is 0.150. The van der Waals surface area contributed by atoms with E-state index in [0.717, 1.165) is 5.56 Å². The van der Waals surface area contributed by atoms with Crippen LogP contribution in [0, 0.1) is 11.3 Å². The molecular formula is C20H16BrCl2N3O4. The van der Waals surface area contributed by atoms with Gasteiger partial charge in [-0.1, -0.05) is 45.2 Å². The maximum absolute atomic E-state index is 11.9. The average molecular weight is 513 g/mol. The molecule has 0 aliphatic rings. The first-order valence-corrected chi connectivity index (χ1v) is 10.1. The summed E-state index contributed by atoms with van der Waals surface area (Å²) in [6.45, 7) is 2.38. The minimum Gasteiger partial charge on any atom is -0.490 e. The predicted molar refractivity (Wildman–Crippen MR) is 117 cm³/mol. The lowest BCUT2D eigenvalue weighted by Gasteiger charge is -2.14. The number of amides is 3. The normalized spacial score (nSPS) is 10.8. The minimum atomic E-state index is -1.05. The van der Waals surface area contributed by atoms with Gasteiger partial charge in [0.1, 0.15) is 18.2 Å². The van der Waals surface area contributed by atoms with Crippen molar-refractivity contribution in [2.75, 3.05) is 6.61 Å². The molecule has 0 saturated carbocycles. The van der Waals surface area contributed by atoms with Gasteiger partial charge in [0.05, 0.1) is 16.7 Å². The summed E-state index contributed by atoms with van der Waals surface area (Å²) in [4.78, 5) is 22.7. The van der Waals surface area contributed by atoms with Crippen molar-refractivity contribution in [2.45, 2.75) is 13.5 Å². The Kier molecular flexibility index (Phi) is 8.54. The van der Waals surface area contributed by atoms with Crippen molar-refractivity contribution in [1.82, 2.24) is 5.32 Å². The van der Waals surface area contributed by atoms with Crippen LogP contribution in [0.3, 0.4) is 0 Å². The molecule has 0 aliphatic heterocycles. The van der Waals surface area contributed by atoms with Gasteiger partial charge in [0.15, 0.2) is 11.5 Å². The monoisotopic (exact) mass is 511 g/mol. The molecule has 3 N–H and O–H groups in total. The lowest BCUT2D eigenvalue weighted by Crippen LogP contribution is -2.35. The second-order valence-corrected chi connectivity index (χ2v) is 7.45. The molecule has 0 spiro atoms. The number of urea groups is 1. The number of benzene rings is 2. The first kappa shape index (κ1) is 23.5. The van der Waals surface area contributed by atoms with Gasteiger partial charge in [-0.3, -0.25) is 10.1 Å². The summed E-state index contributed by atoms with van der Waals surface area (Å²) < 4.78 is 12.0. The summed E-state index contributed by atoms with van der Waals surface area (Å²) in [5.74, 6) is -0.0681. The zero-order valence-electron chi connectivity index (χ0n) is 15.7. The van der Waals surface area contributed by atoms with Gasteiger partial charge in [0.25, 0.3) is 5.91 Å². The van der Waals surface area contributed by atoms with Crippen LogP contribution in [0.25, 0.3) is 6.08 Å². The maximum Gasteiger partial charge on any atom is 0.319 e. The van der Waals surface area contributed by atoms with E-state index in [1.54, 1.807) is 43.3 Å². The van der Waals surface area contributed by atoms with Crippen molar-refractivity contribution >= 4 is 57.1 Å². The first-order valence-electron chi connectivity index (χ1n) is 8.50. The second kappa shape index (κ2) is 10.9. The van der Waals surface area contributed by atoms with Crippen molar-refractivity contribution in [2.24, 2.45) is 5.73 Å². The number of carbonyl (C=O) groups excluding carboxylic acids is 2. The van der Waals surface area contributed by atoms with E-state index < -0.39 is 11.9 Å². The fourth-order valence-electron chi connectivity index (χ4n) is 2.32. The van der Waals surface area contributed by atoms with Gasteiger partial charge in [0.2, 0.25) is 0 Å². The molecule has 10 heteroatoms. The van der Waals surface area contributed by atoms with E-state index in [4.69, 9.17) is 38.4 Å². The zero-order chi connectivity index (χ0) is 22.3. The highest BCUT2D eigenvalue weighted by Gasteiger charge is 2.15. The third-order valence-corrected chi connectivity index (χ3v) is 5.07. The van der Waals surface area contributed by atoms with Crippen molar-refractivity contribution in [3.05, 3.63) is 61.5 Å². The Morgan fingerprint density at radius 3 is 2.50 bits per heavy atom. The predicted octanol–water partition coefficient (Wildman–Crippen LogP) is 4.84. The Balaban J connectivity index is 2.33. The molecule has 2 aromatic carbocycles. The smallest absolute Gasteiger partial charge is 0.319 e. The maximum atomic E-state index is 11.9. The lowest BCUT2D eigenvalue weighted by atomic mass is 10.1. The van der Waals surface area contributed by atoms with E-state index in [9.17, 15) is 14.9 Å². The molecule has 0 aliphatic carbocycles. The Hall–Kier alpha value is -2.73. The largest absolute Gasteiger partial charge is 0.490 e. The molecule has 0 radical (unpaired) electrons. The number of nitrogens with one attached hydrogen (secondary N) is 1.